The van der Waals surface area contributed by atoms with Crippen LogP contribution < -0.4 is 18.9 Å². The number of hydrogen-bond acceptors (Lipinski definition) is 7. The van der Waals surface area contributed by atoms with Gasteiger partial charge in [0.15, 0.2) is 0 Å². The molecule has 8 aromatic carbocycles. The van der Waals surface area contributed by atoms with E-state index in [1.54, 1.807) is 0 Å². The molecular formula is C65H60O7. The predicted molar refractivity (Wildman–Crippen MR) is 283 cm³/mol. The normalized spacial score (nSPS) is 22.9. The number of ether oxygens (including phenoxy) is 6. The minimum absolute atomic E-state index is 0.0884. The van der Waals surface area contributed by atoms with Crippen LogP contribution in [0, 0.1) is 0 Å². The lowest BCUT2D eigenvalue weighted by Gasteiger charge is -2.33. The van der Waals surface area contributed by atoms with Crippen molar-refractivity contribution in [2.45, 2.75) is 67.7 Å². The van der Waals surface area contributed by atoms with Crippen molar-refractivity contribution in [1.29, 1.82) is 0 Å². The van der Waals surface area contributed by atoms with E-state index >= 15 is 0 Å². The Hall–Kier alpha value is -7.16. The molecule has 2 saturated heterocycles. The van der Waals surface area contributed by atoms with Gasteiger partial charge in [0.2, 0.25) is 0 Å². The maximum Gasteiger partial charge on any atom is 0.122 e. The molecule has 2 heterocycles. The second kappa shape index (κ2) is 19.5. The van der Waals surface area contributed by atoms with Crippen molar-refractivity contribution in [3.8, 4) is 45.3 Å². The number of fused-ring (bicyclic) bond motifs is 2. The molecule has 1 N–H and O–H groups in total. The molecule has 2 aliphatic carbocycles. The van der Waals surface area contributed by atoms with Gasteiger partial charge in [-0.25, -0.2) is 0 Å². The third-order valence-corrected chi connectivity index (χ3v) is 15.5. The molecule has 6 atom stereocenters. The number of rotatable bonds is 18. The Balaban J connectivity index is 0.758. The molecule has 0 aromatic heterocycles. The van der Waals surface area contributed by atoms with Crippen molar-refractivity contribution < 1.29 is 33.5 Å². The van der Waals surface area contributed by atoms with Crippen LogP contribution in [-0.4, -0.2) is 63.1 Å². The monoisotopic (exact) mass is 952 g/mol. The largest absolute Gasteiger partial charge is 0.491 e. The quantitative estimate of drug-likeness (QED) is 0.0858. The Kier molecular flexibility index (Phi) is 12.4. The second-order valence-corrected chi connectivity index (χ2v) is 20.3. The molecule has 12 rings (SSSR count). The maximum atomic E-state index is 11.2. The number of aliphatic hydroxyl groups is 1. The van der Waals surface area contributed by atoms with Crippen molar-refractivity contribution in [2.75, 3.05) is 39.6 Å². The molecule has 2 aliphatic heterocycles. The maximum absolute atomic E-state index is 11.2. The van der Waals surface area contributed by atoms with E-state index in [1.807, 2.05) is 24.3 Å². The Morgan fingerprint density at radius 2 is 0.764 bits per heavy atom. The zero-order chi connectivity index (χ0) is 48.7. The molecule has 7 nitrogen and oxygen atoms in total. The Bertz CT molecular complexity index is 2920. The van der Waals surface area contributed by atoms with Crippen molar-refractivity contribution in [1.82, 2.24) is 0 Å². The van der Waals surface area contributed by atoms with E-state index in [9.17, 15) is 5.11 Å². The van der Waals surface area contributed by atoms with Crippen LogP contribution in [0.4, 0.5) is 0 Å². The Morgan fingerprint density at radius 1 is 0.431 bits per heavy atom. The fourth-order valence-electron chi connectivity index (χ4n) is 11.6. The first-order valence-electron chi connectivity index (χ1n) is 25.6. The highest BCUT2D eigenvalue weighted by Gasteiger charge is 2.47. The van der Waals surface area contributed by atoms with Gasteiger partial charge in [0, 0.05) is 10.8 Å². The smallest absolute Gasteiger partial charge is 0.122 e. The predicted octanol–water partition coefficient (Wildman–Crippen LogP) is 13.1. The van der Waals surface area contributed by atoms with Gasteiger partial charge in [-0.3, -0.25) is 0 Å². The summed E-state index contributed by atoms with van der Waals surface area (Å²) in [6.45, 7) is 7.51. The molecule has 0 saturated carbocycles. The zero-order valence-electron chi connectivity index (χ0n) is 40.9. The van der Waals surface area contributed by atoms with Crippen molar-refractivity contribution in [3.05, 3.63) is 239 Å². The highest BCUT2D eigenvalue weighted by atomic mass is 16.6. The van der Waals surface area contributed by atoms with Crippen molar-refractivity contribution in [2.24, 2.45) is 0 Å². The fourth-order valence-corrected chi connectivity index (χ4v) is 11.6. The molecule has 0 amide bonds. The standard InChI is InChI=1S/C65H60O7/c1-43-35-64(51-19-27-56(28-20-51)69-39-58-41-71-58,62-33-47(13-31-60(43)62)45-9-5-3-6-10-45)49-15-23-54(24-16-49)67-37-53(66)38-68-55-25-17-50(18-26-55)65(52-21-29-57(30-22-52)70-40-59-42-72-59)36-44(2)61-32-14-48(34-63(61)65)46-11-7-4-8-12-46/h3-34,43-44,53,58-59,66H,35-42H2,1-2H3. The van der Waals surface area contributed by atoms with Crippen LogP contribution in [0.5, 0.6) is 23.0 Å². The highest BCUT2D eigenvalue weighted by Crippen LogP contribution is 2.56. The average molecular weight is 953 g/mol. The molecule has 0 spiro atoms. The average Bonchev–Trinajstić information content (AvgIpc) is 4.39. The number of hydrogen-bond donors (Lipinski definition) is 1. The summed E-state index contributed by atoms with van der Waals surface area (Å²) < 4.78 is 35.4. The van der Waals surface area contributed by atoms with Gasteiger partial charge in [0.25, 0.3) is 0 Å². The number of epoxide rings is 2. The topological polar surface area (TPSA) is 82.2 Å². The molecule has 7 heteroatoms. The third-order valence-electron chi connectivity index (χ3n) is 15.5. The molecule has 6 unspecified atom stereocenters. The third kappa shape index (κ3) is 9.06. The van der Waals surface area contributed by atoms with E-state index in [0.29, 0.717) is 36.5 Å². The molecule has 72 heavy (non-hydrogen) atoms. The second-order valence-electron chi connectivity index (χ2n) is 20.3. The number of benzene rings is 8. The first kappa shape index (κ1) is 45.9. The molecule has 4 aliphatic rings. The molecule has 0 bridgehead atoms. The molecule has 8 aromatic rings. The highest BCUT2D eigenvalue weighted by molar-refractivity contribution is 5.71. The van der Waals surface area contributed by atoms with E-state index in [2.05, 4.69) is 184 Å². The number of aliphatic hydroxyl groups excluding tert-OH is 1. The lowest BCUT2D eigenvalue weighted by molar-refractivity contribution is 0.0626. The lowest BCUT2D eigenvalue weighted by Crippen LogP contribution is -2.27. The first-order valence-corrected chi connectivity index (χ1v) is 25.6. The van der Waals surface area contributed by atoms with E-state index in [0.717, 1.165) is 37.6 Å². The molecular weight excluding hydrogens is 893 g/mol. The molecule has 362 valence electrons. The van der Waals surface area contributed by atoms with Gasteiger partial charge in [-0.05, 0) is 152 Å². The minimum atomic E-state index is -0.848. The van der Waals surface area contributed by atoms with Gasteiger partial charge < -0.3 is 33.5 Å². The van der Waals surface area contributed by atoms with Gasteiger partial charge in [-0.1, -0.05) is 147 Å². The first-order chi connectivity index (χ1) is 35.3. The van der Waals surface area contributed by atoms with Crippen LogP contribution in [0.3, 0.4) is 0 Å². The zero-order valence-corrected chi connectivity index (χ0v) is 40.9. The van der Waals surface area contributed by atoms with E-state index in [-0.39, 0.29) is 25.4 Å². The van der Waals surface area contributed by atoms with Gasteiger partial charge in [-0.15, -0.1) is 0 Å². The summed E-state index contributed by atoms with van der Waals surface area (Å²) in [6, 6.07) is 69.3. The van der Waals surface area contributed by atoms with Crippen LogP contribution in [0.25, 0.3) is 22.3 Å². The Morgan fingerprint density at radius 3 is 1.10 bits per heavy atom. The fraction of sp³-hybridized carbons (Fsp3) is 0.262. The summed E-state index contributed by atoms with van der Waals surface area (Å²) in [5.74, 6) is 3.76. The van der Waals surface area contributed by atoms with Crippen LogP contribution in [0.2, 0.25) is 0 Å². The van der Waals surface area contributed by atoms with Crippen LogP contribution in [-0.2, 0) is 20.3 Å². The van der Waals surface area contributed by atoms with Crippen molar-refractivity contribution in [3.63, 3.8) is 0 Å². The van der Waals surface area contributed by atoms with Crippen LogP contribution in [0.1, 0.15) is 83.0 Å². The van der Waals surface area contributed by atoms with Crippen LogP contribution in [0.15, 0.2) is 194 Å². The molecule has 0 radical (unpaired) electrons. The van der Waals surface area contributed by atoms with Gasteiger partial charge in [-0.2, -0.15) is 0 Å². The molecule has 2 fully saturated rings. The Labute approximate surface area is 422 Å². The van der Waals surface area contributed by atoms with Crippen molar-refractivity contribution >= 4 is 0 Å². The summed E-state index contributed by atoms with van der Waals surface area (Å²) in [6.07, 6.45) is 1.39. The van der Waals surface area contributed by atoms with Crippen LogP contribution >= 0.6 is 0 Å². The lowest BCUT2D eigenvalue weighted by atomic mass is 9.69. The summed E-state index contributed by atoms with van der Waals surface area (Å²) in [7, 11) is 0. The SMILES string of the molecule is CC1CC(c2ccc(OCC(O)COc3ccc(C4(c5ccc(OCC6CO6)cc5)CC(C)c5ccc(-c6ccccc6)cc54)cc3)cc2)(c2ccc(OCC3CO3)cc2)c2cc(-c3ccccc3)ccc21. The summed E-state index contributed by atoms with van der Waals surface area (Å²) in [5.41, 5.74) is 14.2. The van der Waals surface area contributed by atoms with Gasteiger partial charge in [0.1, 0.15) is 67.7 Å². The van der Waals surface area contributed by atoms with E-state index < -0.39 is 16.9 Å². The van der Waals surface area contributed by atoms with E-state index in [4.69, 9.17) is 28.4 Å². The summed E-state index contributed by atoms with van der Waals surface area (Å²) in [4.78, 5) is 0. The summed E-state index contributed by atoms with van der Waals surface area (Å²) >= 11 is 0. The van der Waals surface area contributed by atoms with E-state index in [1.165, 1.54) is 66.8 Å². The van der Waals surface area contributed by atoms with Gasteiger partial charge >= 0.3 is 0 Å². The minimum Gasteiger partial charge on any atom is -0.491 e. The van der Waals surface area contributed by atoms with Gasteiger partial charge in [0.05, 0.1) is 13.2 Å². The summed E-state index contributed by atoms with van der Waals surface area (Å²) in [5, 5.41) is 11.2.